The molecule has 0 saturated heterocycles. The van der Waals surface area contributed by atoms with Crippen molar-refractivity contribution in [3.8, 4) is 0 Å². The van der Waals surface area contributed by atoms with E-state index in [0.717, 1.165) is 18.6 Å². The maximum Gasteiger partial charge on any atom is 0.163 e. The topological polar surface area (TPSA) is 17.1 Å². The van der Waals surface area contributed by atoms with Crippen molar-refractivity contribution in [3.05, 3.63) is 35.4 Å². The third-order valence-electron chi connectivity index (χ3n) is 2.74. The molecule has 100 valence electrons. The molecule has 1 rings (SSSR count). The number of hydrogen-bond acceptors (Lipinski definition) is 1. The summed E-state index contributed by atoms with van der Waals surface area (Å²) in [5.74, 6) is -1.80. The zero-order valence-corrected chi connectivity index (χ0v) is 11.4. The second kappa shape index (κ2) is 5.59. The molecule has 1 unspecified atom stereocenters. The van der Waals surface area contributed by atoms with Crippen LogP contribution in [0.3, 0.4) is 0 Å². The third kappa shape index (κ3) is 4.55. The van der Waals surface area contributed by atoms with E-state index < -0.39 is 11.6 Å². The van der Waals surface area contributed by atoms with Gasteiger partial charge in [-0.1, -0.05) is 27.7 Å². The first-order valence-electron chi connectivity index (χ1n) is 6.17. The lowest BCUT2D eigenvalue weighted by molar-refractivity contribution is 0.0954. The van der Waals surface area contributed by atoms with Gasteiger partial charge >= 0.3 is 0 Å². The van der Waals surface area contributed by atoms with Crippen molar-refractivity contribution < 1.29 is 13.6 Å². The minimum atomic E-state index is -0.968. The summed E-state index contributed by atoms with van der Waals surface area (Å²) in [6, 6.07) is 3.31. The number of halogens is 2. The Morgan fingerprint density at radius 3 is 2.33 bits per heavy atom. The van der Waals surface area contributed by atoms with Gasteiger partial charge in [0.15, 0.2) is 17.4 Å². The maximum atomic E-state index is 13.0. The molecular weight excluding hydrogens is 234 g/mol. The molecule has 0 heterocycles. The zero-order chi connectivity index (χ0) is 13.9. The van der Waals surface area contributed by atoms with Gasteiger partial charge in [0.05, 0.1) is 0 Å². The summed E-state index contributed by atoms with van der Waals surface area (Å²) in [6.07, 6.45) is 1.28. The van der Waals surface area contributed by atoms with Crippen LogP contribution in [0, 0.1) is 23.0 Å². The summed E-state index contributed by atoms with van der Waals surface area (Å²) in [6.45, 7) is 8.35. The van der Waals surface area contributed by atoms with E-state index in [1.54, 1.807) is 0 Å². The van der Waals surface area contributed by atoms with Crippen LogP contribution >= 0.6 is 0 Å². The van der Waals surface area contributed by atoms with Crippen molar-refractivity contribution in [1.29, 1.82) is 0 Å². The molecule has 0 radical (unpaired) electrons. The van der Waals surface area contributed by atoms with Gasteiger partial charge in [-0.2, -0.15) is 0 Å². The third-order valence-corrected chi connectivity index (χ3v) is 2.74. The minimum absolute atomic E-state index is 0.134. The average Bonchev–Trinajstić information content (AvgIpc) is 2.18. The first-order chi connectivity index (χ1) is 8.19. The number of benzene rings is 1. The van der Waals surface area contributed by atoms with E-state index in [9.17, 15) is 13.6 Å². The zero-order valence-electron chi connectivity index (χ0n) is 11.4. The van der Waals surface area contributed by atoms with Crippen LogP contribution in [-0.4, -0.2) is 5.78 Å². The summed E-state index contributed by atoms with van der Waals surface area (Å²) >= 11 is 0. The van der Waals surface area contributed by atoms with Gasteiger partial charge in [-0.3, -0.25) is 4.79 Å². The molecule has 1 atom stereocenters. The Morgan fingerprint density at radius 2 is 1.83 bits per heavy atom. The first-order valence-corrected chi connectivity index (χ1v) is 6.17. The monoisotopic (exact) mass is 254 g/mol. The van der Waals surface area contributed by atoms with Gasteiger partial charge in [0.1, 0.15) is 0 Å². The first kappa shape index (κ1) is 14.8. The molecule has 0 aliphatic heterocycles. The van der Waals surface area contributed by atoms with Crippen molar-refractivity contribution in [2.75, 3.05) is 0 Å². The Kier molecular flexibility index (Phi) is 4.60. The highest BCUT2D eigenvalue weighted by molar-refractivity contribution is 5.96. The molecule has 0 saturated carbocycles. The van der Waals surface area contributed by atoms with E-state index in [4.69, 9.17) is 0 Å². The molecule has 0 aliphatic carbocycles. The number of ketones is 1. The number of carbonyl (C=O) groups is 1. The highest BCUT2D eigenvalue weighted by Gasteiger charge is 2.19. The van der Waals surface area contributed by atoms with Crippen LogP contribution < -0.4 is 0 Å². The molecule has 0 spiro atoms. The fourth-order valence-corrected chi connectivity index (χ4v) is 2.22. The summed E-state index contributed by atoms with van der Waals surface area (Å²) in [7, 11) is 0. The Labute approximate surface area is 107 Å². The van der Waals surface area contributed by atoms with Gasteiger partial charge in [-0.15, -0.1) is 0 Å². The van der Waals surface area contributed by atoms with Gasteiger partial charge in [-0.25, -0.2) is 8.78 Å². The second-order valence-electron chi connectivity index (χ2n) is 6.13. The fraction of sp³-hybridized carbons (Fsp3) is 0.533. The normalized spacial score (nSPS) is 13.4. The van der Waals surface area contributed by atoms with E-state index in [2.05, 4.69) is 20.8 Å². The summed E-state index contributed by atoms with van der Waals surface area (Å²) < 4.78 is 25.8. The largest absolute Gasteiger partial charge is 0.294 e. The van der Waals surface area contributed by atoms with Crippen LogP contribution in [0.2, 0.25) is 0 Å². The lowest BCUT2D eigenvalue weighted by atomic mass is 9.83. The highest BCUT2D eigenvalue weighted by Crippen LogP contribution is 2.27. The van der Waals surface area contributed by atoms with E-state index in [1.165, 1.54) is 6.07 Å². The SMILES string of the molecule is CC(CC(=O)c1ccc(F)c(F)c1)CC(C)(C)C. The van der Waals surface area contributed by atoms with Gasteiger partial charge in [0.25, 0.3) is 0 Å². The Bertz CT molecular complexity index is 433. The molecule has 0 N–H and O–H groups in total. The van der Waals surface area contributed by atoms with Gasteiger partial charge in [-0.05, 0) is 36.0 Å². The molecule has 0 bridgehead atoms. The molecule has 3 heteroatoms. The van der Waals surface area contributed by atoms with Crippen LogP contribution in [0.1, 0.15) is 50.9 Å². The lowest BCUT2D eigenvalue weighted by Gasteiger charge is -2.22. The van der Waals surface area contributed by atoms with Crippen molar-refractivity contribution in [3.63, 3.8) is 0 Å². The van der Waals surface area contributed by atoms with Gasteiger partial charge < -0.3 is 0 Å². The van der Waals surface area contributed by atoms with Crippen LogP contribution in [-0.2, 0) is 0 Å². The van der Waals surface area contributed by atoms with E-state index in [0.29, 0.717) is 6.42 Å². The Balaban J connectivity index is 2.68. The molecule has 0 aromatic heterocycles. The van der Waals surface area contributed by atoms with Gasteiger partial charge in [0.2, 0.25) is 0 Å². The Morgan fingerprint density at radius 1 is 1.22 bits per heavy atom. The predicted octanol–water partition coefficient (Wildman–Crippen LogP) is 4.61. The van der Waals surface area contributed by atoms with E-state index in [1.807, 2.05) is 6.92 Å². The molecular formula is C15H20F2O. The van der Waals surface area contributed by atoms with Crippen LogP contribution in [0.15, 0.2) is 18.2 Å². The van der Waals surface area contributed by atoms with E-state index >= 15 is 0 Å². The van der Waals surface area contributed by atoms with Crippen molar-refractivity contribution in [2.45, 2.75) is 40.5 Å². The molecule has 18 heavy (non-hydrogen) atoms. The summed E-state index contributed by atoms with van der Waals surface area (Å²) in [5.41, 5.74) is 0.406. The molecule has 1 nitrogen and oxygen atoms in total. The standard InChI is InChI=1S/C15H20F2O/c1-10(9-15(2,3)4)7-14(18)11-5-6-12(16)13(17)8-11/h5-6,8,10H,7,9H2,1-4H3. The predicted molar refractivity (Wildman–Crippen MR) is 68.5 cm³/mol. The summed E-state index contributed by atoms with van der Waals surface area (Å²) in [4.78, 5) is 11.9. The van der Waals surface area contributed by atoms with Crippen molar-refractivity contribution >= 4 is 5.78 Å². The summed E-state index contributed by atoms with van der Waals surface area (Å²) in [5, 5.41) is 0. The smallest absolute Gasteiger partial charge is 0.163 e. The van der Waals surface area contributed by atoms with Crippen LogP contribution in [0.4, 0.5) is 8.78 Å². The lowest BCUT2D eigenvalue weighted by Crippen LogP contribution is -2.14. The quantitative estimate of drug-likeness (QED) is 0.717. The molecule has 0 amide bonds. The Hall–Kier alpha value is -1.25. The molecule has 0 aliphatic rings. The number of hydrogen-bond donors (Lipinski definition) is 0. The van der Waals surface area contributed by atoms with E-state index in [-0.39, 0.29) is 22.7 Å². The van der Waals surface area contributed by atoms with Crippen molar-refractivity contribution in [1.82, 2.24) is 0 Å². The van der Waals surface area contributed by atoms with Gasteiger partial charge in [0, 0.05) is 12.0 Å². The molecule has 1 aromatic rings. The molecule has 0 fully saturated rings. The van der Waals surface area contributed by atoms with Crippen molar-refractivity contribution in [2.24, 2.45) is 11.3 Å². The minimum Gasteiger partial charge on any atom is -0.294 e. The van der Waals surface area contributed by atoms with Crippen LogP contribution in [0.25, 0.3) is 0 Å². The number of rotatable bonds is 4. The average molecular weight is 254 g/mol. The maximum absolute atomic E-state index is 13.0. The molecule has 1 aromatic carbocycles. The van der Waals surface area contributed by atoms with Crippen LogP contribution in [0.5, 0.6) is 0 Å². The second-order valence-corrected chi connectivity index (χ2v) is 6.13. The fourth-order valence-electron chi connectivity index (χ4n) is 2.22. The number of carbonyl (C=O) groups excluding carboxylic acids is 1. The highest BCUT2D eigenvalue weighted by atomic mass is 19.2. The number of Topliss-reactive ketones (excluding diaryl/α,β-unsaturated/α-hetero) is 1.